The highest BCUT2D eigenvalue weighted by Crippen LogP contribution is 2.33. The summed E-state index contributed by atoms with van der Waals surface area (Å²) in [5.74, 6) is -3.26. The van der Waals surface area contributed by atoms with E-state index < -0.39 is 29.7 Å². The molecule has 0 radical (unpaired) electrons. The van der Waals surface area contributed by atoms with Gasteiger partial charge in [0.2, 0.25) is 11.4 Å². The maximum Gasteiger partial charge on any atom is 0.338 e. The Morgan fingerprint density at radius 1 is 0.968 bits per heavy atom. The zero-order valence-electron chi connectivity index (χ0n) is 17.1. The SMILES string of the molecule is N=C(N)c1cccc(C(=O)[C@@](CCCCN)(C(=O)O)N(C(=O)CN)c2ccccc2)c1. The first-order valence-corrected chi connectivity index (χ1v) is 9.80. The number of ketones is 1. The zero-order chi connectivity index (χ0) is 23.0. The van der Waals surface area contributed by atoms with Gasteiger partial charge >= 0.3 is 5.97 Å². The Bertz CT molecular complexity index is 963. The molecule has 0 fully saturated rings. The van der Waals surface area contributed by atoms with Crippen molar-refractivity contribution in [2.24, 2.45) is 17.2 Å². The number of para-hydroxylation sites is 1. The standard InChI is InChI=1S/C22H27N5O4/c23-12-5-4-11-22(21(30)31,19(29)15-7-6-8-16(13-15)20(25)26)27(18(28)14-24)17-9-2-1-3-10-17/h1-3,6-10,13H,4-5,11-12,14,23-24H2,(H3,25,26)(H,30,31)/t22-/m0/s1. The highest BCUT2D eigenvalue weighted by Gasteiger charge is 2.53. The van der Waals surface area contributed by atoms with Crippen molar-refractivity contribution in [1.29, 1.82) is 5.41 Å². The molecule has 9 heteroatoms. The van der Waals surface area contributed by atoms with Crippen LogP contribution in [0.1, 0.15) is 35.2 Å². The molecule has 0 aliphatic rings. The predicted octanol–water partition coefficient (Wildman–Crippen LogP) is 1.10. The van der Waals surface area contributed by atoms with Crippen molar-refractivity contribution in [2.75, 3.05) is 18.0 Å². The summed E-state index contributed by atoms with van der Waals surface area (Å²) in [7, 11) is 0. The Morgan fingerprint density at radius 3 is 2.16 bits per heavy atom. The Balaban J connectivity index is 2.75. The largest absolute Gasteiger partial charge is 0.479 e. The third-order valence-electron chi connectivity index (χ3n) is 4.98. The molecule has 0 saturated carbocycles. The fraction of sp³-hybridized carbons (Fsp3) is 0.273. The van der Waals surface area contributed by atoms with Crippen LogP contribution in [0.5, 0.6) is 0 Å². The van der Waals surface area contributed by atoms with E-state index in [1.54, 1.807) is 30.3 Å². The Labute approximate surface area is 180 Å². The number of carbonyl (C=O) groups excluding carboxylic acids is 2. The van der Waals surface area contributed by atoms with Gasteiger partial charge in [-0.15, -0.1) is 0 Å². The molecule has 0 aromatic heterocycles. The van der Waals surface area contributed by atoms with E-state index >= 15 is 0 Å². The van der Waals surface area contributed by atoms with Crippen LogP contribution < -0.4 is 22.1 Å². The van der Waals surface area contributed by atoms with E-state index in [1.165, 1.54) is 24.3 Å². The van der Waals surface area contributed by atoms with Gasteiger partial charge in [0.25, 0.3) is 0 Å². The molecule has 164 valence electrons. The van der Waals surface area contributed by atoms with Crippen molar-refractivity contribution >= 4 is 29.2 Å². The van der Waals surface area contributed by atoms with Crippen molar-refractivity contribution in [3.05, 3.63) is 65.7 Å². The Kier molecular flexibility index (Phi) is 8.00. The molecule has 0 bridgehead atoms. The van der Waals surface area contributed by atoms with Gasteiger partial charge in [0, 0.05) is 16.8 Å². The maximum absolute atomic E-state index is 13.8. The van der Waals surface area contributed by atoms with Crippen LogP contribution in [-0.2, 0) is 9.59 Å². The van der Waals surface area contributed by atoms with Crippen LogP contribution in [0, 0.1) is 5.41 Å². The van der Waals surface area contributed by atoms with Gasteiger partial charge in [-0.2, -0.15) is 0 Å². The summed E-state index contributed by atoms with van der Waals surface area (Å²) >= 11 is 0. The van der Waals surface area contributed by atoms with E-state index in [2.05, 4.69) is 0 Å². The second-order valence-electron chi connectivity index (χ2n) is 7.00. The van der Waals surface area contributed by atoms with E-state index in [0.717, 1.165) is 4.90 Å². The molecule has 31 heavy (non-hydrogen) atoms. The molecular formula is C22H27N5O4. The first kappa shape index (κ1) is 23.7. The third-order valence-corrected chi connectivity index (χ3v) is 4.98. The van der Waals surface area contributed by atoms with Crippen LogP contribution >= 0.6 is 0 Å². The number of carboxylic acid groups (broad SMARTS) is 1. The van der Waals surface area contributed by atoms with Crippen molar-refractivity contribution in [3.63, 3.8) is 0 Å². The van der Waals surface area contributed by atoms with Gasteiger partial charge in [0.15, 0.2) is 5.78 Å². The van der Waals surface area contributed by atoms with E-state index in [-0.39, 0.29) is 29.1 Å². The summed E-state index contributed by atoms with van der Waals surface area (Å²) in [6, 6.07) is 13.9. The fourth-order valence-corrected chi connectivity index (χ4v) is 3.46. The van der Waals surface area contributed by atoms with Crippen LogP contribution in [0.15, 0.2) is 54.6 Å². The maximum atomic E-state index is 13.8. The van der Waals surface area contributed by atoms with Crippen molar-refractivity contribution in [3.8, 4) is 0 Å². The molecule has 0 heterocycles. The molecule has 1 amide bonds. The molecule has 2 rings (SSSR count). The number of nitrogens with two attached hydrogens (primary N) is 3. The first-order chi connectivity index (χ1) is 14.8. The minimum atomic E-state index is -2.25. The molecule has 9 nitrogen and oxygen atoms in total. The highest BCUT2D eigenvalue weighted by atomic mass is 16.4. The lowest BCUT2D eigenvalue weighted by molar-refractivity contribution is -0.143. The summed E-state index contributed by atoms with van der Waals surface area (Å²) in [4.78, 5) is 40.4. The number of nitrogen functional groups attached to an aromatic ring is 1. The van der Waals surface area contributed by atoms with Crippen LogP contribution in [0.2, 0.25) is 0 Å². The topological polar surface area (TPSA) is 177 Å². The van der Waals surface area contributed by atoms with Gasteiger partial charge in [0.1, 0.15) is 5.84 Å². The number of carbonyl (C=O) groups is 3. The predicted molar refractivity (Wildman–Crippen MR) is 118 cm³/mol. The van der Waals surface area contributed by atoms with Crippen LogP contribution in [0.25, 0.3) is 0 Å². The van der Waals surface area contributed by atoms with Crippen LogP contribution in [0.4, 0.5) is 5.69 Å². The van der Waals surface area contributed by atoms with Gasteiger partial charge in [-0.3, -0.25) is 19.9 Å². The lowest BCUT2D eigenvalue weighted by atomic mass is 9.81. The molecule has 2 aromatic carbocycles. The number of amides is 1. The molecule has 0 spiro atoms. The van der Waals surface area contributed by atoms with Crippen LogP contribution in [0.3, 0.4) is 0 Å². The second-order valence-corrected chi connectivity index (χ2v) is 7.00. The zero-order valence-corrected chi connectivity index (χ0v) is 17.1. The van der Waals surface area contributed by atoms with Crippen molar-refractivity contribution < 1.29 is 19.5 Å². The van der Waals surface area contributed by atoms with Crippen molar-refractivity contribution in [1.82, 2.24) is 0 Å². The summed E-state index contributed by atoms with van der Waals surface area (Å²) in [5, 5.41) is 18.0. The normalized spacial score (nSPS) is 12.6. The second kappa shape index (κ2) is 10.5. The van der Waals surface area contributed by atoms with Crippen molar-refractivity contribution in [2.45, 2.75) is 24.8 Å². The molecule has 2 aromatic rings. The number of anilines is 1. The number of nitrogens with zero attached hydrogens (tertiary/aromatic N) is 1. The lowest BCUT2D eigenvalue weighted by Gasteiger charge is -2.39. The van der Waals surface area contributed by atoms with Gasteiger partial charge in [-0.1, -0.05) is 36.4 Å². The van der Waals surface area contributed by atoms with Crippen LogP contribution in [-0.4, -0.2) is 47.2 Å². The molecule has 0 unspecified atom stereocenters. The number of hydrogen-bond donors (Lipinski definition) is 5. The number of unbranched alkanes of at least 4 members (excludes halogenated alkanes) is 1. The summed E-state index contributed by atoms with van der Waals surface area (Å²) in [5.41, 5.74) is 15.0. The smallest absolute Gasteiger partial charge is 0.338 e. The number of carboxylic acids is 1. The van der Waals surface area contributed by atoms with E-state index in [4.69, 9.17) is 22.6 Å². The average Bonchev–Trinajstić information content (AvgIpc) is 2.78. The molecule has 1 atom stereocenters. The number of aliphatic carboxylic acids is 1. The molecule has 8 N–H and O–H groups in total. The lowest BCUT2D eigenvalue weighted by Crippen LogP contribution is -2.63. The highest BCUT2D eigenvalue weighted by molar-refractivity contribution is 6.23. The Hall–Kier alpha value is -3.56. The summed E-state index contributed by atoms with van der Waals surface area (Å²) < 4.78 is 0. The molecule has 0 saturated heterocycles. The van der Waals surface area contributed by atoms with E-state index in [1.807, 2.05) is 0 Å². The number of benzene rings is 2. The number of rotatable bonds is 11. The summed E-state index contributed by atoms with van der Waals surface area (Å²) in [6.07, 6.45) is 0.598. The minimum absolute atomic E-state index is 0.0219. The van der Waals surface area contributed by atoms with E-state index in [0.29, 0.717) is 19.4 Å². The van der Waals surface area contributed by atoms with Gasteiger partial charge < -0.3 is 22.3 Å². The third kappa shape index (κ3) is 4.96. The Morgan fingerprint density at radius 2 is 1.61 bits per heavy atom. The molecular weight excluding hydrogens is 398 g/mol. The van der Waals surface area contributed by atoms with Gasteiger partial charge in [-0.05, 0) is 44.0 Å². The average molecular weight is 425 g/mol. The quantitative estimate of drug-likeness (QED) is 0.118. The number of hydrogen-bond acceptors (Lipinski definition) is 6. The monoisotopic (exact) mass is 425 g/mol. The number of nitrogens with one attached hydrogen (secondary N) is 1. The number of amidine groups is 1. The van der Waals surface area contributed by atoms with E-state index in [9.17, 15) is 19.5 Å². The summed E-state index contributed by atoms with van der Waals surface area (Å²) in [6.45, 7) is -0.179. The minimum Gasteiger partial charge on any atom is -0.479 e. The fourth-order valence-electron chi connectivity index (χ4n) is 3.46. The molecule has 0 aliphatic carbocycles. The molecule has 0 aliphatic heterocycles. The van der Waals surface area contributed by atoms with Gasteiger partial charge in [-0.25, -0.2) is 4.79 Å². The van der Waals surface area contributed by atoms with Gasteiger partial charge in [0.05, 0.1) is 6.54 Å². The first-order valence-electron chi connectivity index (χ1n) is 9.80. The number of Topliss-reactive ketones (excluding diaryl/α,β-unsaturated/α-hetero) is 1.